The van der Waals surface area contributed by atoms with Crippen molar-refractivity contribution in [3.63, 3.8) is 0 Å². The Balaban J connectivity index is 0.000000720. The van der Waals surface area contributed by atoms with Crippen LogP contribution in [0.5, 0.6) is 0 Å². The van der Waals surface area contributed by atoms with E-state index in [1.807, 2.05) is 0 Å². The molecule has 0 saturated heterocycles. The Morgan fingerprint density at radius 1 is 1.33 bits per heavy atom. The van der Waals surface area contributed by atoms with Gasteiger partial charge in [0.1, 0.15) is 5.78 Å². The Kier molecular flexibility index (Phi) is 2.21. The third-order valence-electron chi connectivity index (χ3n) is 4.48. The topological polar surface area (TPSA) is 17.1 Å². The minimum absolute atomic E-state index is 0. The predicted molar refractivity (Wildman–Crippen MR) is 50.0 cm³/mol. The molecule has 0 aromatic carbocycles. The fourth-order valence-electron chi connectivity index (χ4n) is 2.90. The first-order chi connectivity index (χ1) is 4.98. The first-order valence-electron chi connectivity index (χ1n) is 4.52. The van der Waals surface area contributed by atoms with E-state index in [4.69, 9.17) is 0 Å². The summed E-state index contributed by atoms with van der Waals surface area (Å²) in [5.74, 6) is 1.19. The van der Waals surface area contributed by atoms with Crippen molar-refractivity contribution in [3.8, 4) is 0 Å². The van der Waals surface area contributed by atoms with Crippen molar-refractivity contribution in [2.45, 2.75) is 40.0 Å². The molecule has 2 aliphatic carbocycles. The van der Waals surface area contributed by atoms with Crippen molar-refractivity contribution in [1.82, 2.24) is 0 Å². The monoisotopic (exact) mass is 232 g/mol. The summed E-state index contributed by atoms with van der Waals surface area (Å²) in [6, 6.07) is 0. The predicted octanol–water partition coefficient (Wildman–Crippen LogP) is 2.02. The van der Waals surface area contributed by atoms with E-state index >= 15 is 0 Å². The molecule has 2 unspecified atom stereocenters. The van der Waals surface area contributed by atoms with Crippen LogP contribution in [-0.2, 0) is 4.79 Å². The number of hydrogen-bond donors (Lipinski definition) is 0. The van der Waals surface area contributed by atoms with E-state index in [1.54, 1.807) is 0 Å². The van der Waals surface area contributed by atoms with Crippen LogP contribution in [0.15, 0.2) is 0 Å². The second-order valence-corrected chi connectivity index (χ2v) is 4.92. The van der Waals surface area contributed by atoms with Gasteiger partial charge in [0.25, 0.3) is 0 Å². The molecule has 2 atom stereocenters. The molecule has 0 spiro atoms. The zero-order valence-corrected chi connectivity index (χ0v) is 9.73. The van der Waals surface area contributed by atoms with Gasteiger partial charge < -0.3 is 0 Å². The molecule has 0 N–H and O–H groups in total. The molecule has 2 saturated carbocycles. The summed E-state index contributed by atoms with van der Waals surface area (Å²) in [5.41, 5.74) is 0.307. The van der Waals surface area contributed by atoms with Crippen LogP contribution < -0.4 is 0 Å². The Morgan fingerprint density at radius 3 is 2.08 bits per heavy atom. The minimum atomic E-state index is 0. The fourth-order valence-corrected chi connectivity index (χ4v) is 2.90. The van der Waals surface area contributed by atoms with Gasteiger partial charge in [-0.25, -0.2) is 0 Å². The first-order valence-corrected chi connectivity index (χ1v) is 4.52. The van der Waals surface area contributed by atoms with Gasteiger partial charge in [0, 0.05) is 28.9 Å². The summed E-state index contributed by atoms with van der Waals surface area (Å²) in [6.45, 7) is 6.67. The van der Waals surface area contributed by atoms with E-state index in [1.165, 1.54) is 6.42 Å². The number of carbonyl (C=O) groups excluding carboxylic acids is 1. The van der Waals surface area contributed by atoms with Crippen LogP contribution in [0.4, 0.5) is 0 Å². The third-order valence-corrected chi connectivity index (χ3v) is 4.48. The zero-order valence-electron chi connectivity index (χ0n) is 8.02. The first kappa shape index (κ1) is 10.3. The molecule has 2 bridgehead atoms. The smallest absolute Gasteiger partial charge is 0.139 e. The van der Waals surface area contributed by atoms with Crippen LogP contribution in [0.2, 0.25) is 0 Å². The van der Waals surface area contributed by atoms with Crippen LogP contribution in [0, 0.1) is 16.7 Å². The molecule has 0 aliphatic heterocycles. The average molecular weight is 231 g/mol. The molecule has 0 aromatic heterocycles. The molecule has 68 valence electrons. The van der Waals surface area contributed by atoms with Crippen LogP contribution in [0.25, 0.3) is 0 Å². The molecule has 2 rings (SSSR count). The summed E-state index contributed by atoms with van der Waals surface area (Å²) >= 11 is 0. The molecule has 1 nitrogen and oxygen atoms in total. The summed E-state index contributed by atoms with van der Waals surface area (Å²) < 4.78 is 0. The Morgan fingerprint density at radius 2 is 1.92 bits per heavy atom. The van der Waals surface area contributed by atoms with Crippen LogP contribution in [0.3, 0.4) is 0 Å². The van der Waals surface area contributed by atoms with E-state index in [0.717, 1.165) is 12.8 Å². The van der Waals surface area contributed by atoms with E-state index in [-0.39, 0.29) is 27.9 Å². The molecule has 0 heterocycles. The summed E-state index contributed by atoms with van der Waals surface area (Å²) in [5, 5.41) is 0. The molecule has 2 fully saturated rings. The van der Waals surface area contributed by atoms with E-state index in [2.05, 4.69) is 20.8 Å². The maximum atomic E-state index is 11.6. The largest absolute Gasteiger partial charge is 0.299 e. The number of fused-ring (bicyclic) bond motifs is 2. The van der Waals surface area contributed by atoms with E-state index in [9.17, 15) is 4.79 Å². The van der Waals surface area contributed by atoms with Gasteiger partial charge in [-0.15, -0.1) is 0 Å². The van der Waals surface area contributed by atoms with Gasteiger partial charge in [0.2, 0.25) is 0 Å². The Labute approximate surface area is 84.8 Å². The van der Waals surface area contributed by atoms with Crippen molar-refractivity contribution in [3.05, 3.63) is 0 Å². The standard InChI is InChI=1S/C10H16O.Se/c1-9(2)7-4-5-10(9,3)8(11)6-7;/h7H,4-6H2,1-3H3;. The number of Topliss-reactive ketones (excluding diaryl/α,β-unsaturated/α-hetero) is 1. The second-order valence-electron chi connectivity index (χ2n) is 4.92. The fraction of sp³-hybridized carbons (Fsp3) is 0.900. The van der Waals surface area contributed by atoms with Crippen molar-refractivity contribution < 1.29 is 4.79 Å². The molecule has 2 radical (unpaired) electrons. The summed E-state index contributed by atoms with van der Waals surface area (Å²) in [7, 11) is 0. The molecule has 12 heavy (non-hydrogen) atoms. The number of rotatable bonds is 0. The number of hydrogen-bond acceptors (Lipinski definition) is 1. The Bertz CT molecular complexity index is 222. The van der Waals surface area contributed by atoms with Gasteiger partial charge in [-0.2, -0.15) is 0 Å². The number of ketones is 1. The third kappa shape index (κ3) is 0.885. The van der Waals surface area contributed by atoms with Crippen molar-refractivity contribution in [1.29, 1.82) is 0 Å². The normalized spacial score (nSPS) is 42.9. The summed E-state index contributed by atoms with van der Waals surface area (Å²) in [4.78, 5) is 11.6. The number of carbonyl (C=O) groups is 1. The van der Waals surface area contributed by atoms with Crippen LogP contribution >= 0.6 is 0 Å². The van der Waals surface area contributed by atoms with E-state index in [0.29, 0.717) is 11.7 Å². The summed E-state index contributed by atoms with van der Waals surface area (Å²) in [6.07, 6.45) is 3.25. The molecular formula is C10H16OSe. The molecular weight excluding hydrogens is 215 g/mol. The van der Waals surface area contributed by atoms with Gasteiger partial charge in [0.05, 0.1) is 0 Å². The average Bonchev–Trinajstić information content (AvgIpc) is 2.20. The molecule has 2 aliphatic rings. The maximum absolute atomic E-state index is 11.6. The van der Waals surface area contributed by atoms with Crippen molar-refractivity contribution in [2.24, 2.45) is 16.7 Å². The van der Waals surface area contributed by atoms with Crippen molar-refractivity contribution in [2.75, 3.05) is 0 Å². The van der Waals surface area contributed by atoms with Crippen LogP contribution in [0.1, 0.15) is 40.0 Å². The second kappa shape index (κ2) is 2.59. The van der Waals surface area contributed by atoms with E-state index < -0.39 is 0 Å². The van der Waals surface area contributed by atoms with Gasteiger partial charge in [-0.3, -0.25) is 4.79 Å². The van der Waals surface area contributed by atoms with Crippen LogP contribution in [-0.4, -0.2) is 22.9 Å². The quantitative estimate of drug-likeness (QED) is 0.583. The van der Waals surface area contributed by atoms with Gasteiger partial charge >= 0.3 is 0 Å². The minimum Gasteiger partial charge on any atom is -0.299 e. The maximum Gasteiger partial charge on any atom is 0.139 e. The molecule has 2 heteroatoms. The zero-order chi connectivity index (χ0) is 8.28. The molecule has 0 amide bonds. The van der Waals surface area contributed by atoms with Gasteiger partial charge in [-0.05, 0) is 24.2 Å². The molecule has 0 aromatic rings. The van der Waals surface area contributed by atoms with Gasteiger partial charge in [-0.1, -0.05) is 20.8 Å². The van der Waals surface area contributed by atoms with Gasteiger partial charge in [0.15, 0.2) is 0 Å². The van der Waals surface area contributed by atoms with Crippen molar-refractivity contribution >= 4 is 22.9 Å². The SMILES string of the molecule is CC12CCC(CC1=O)C2(C)C.[Se]. The Hall–Kier alpha value is 0.189.